The molecule has 0 aliphatic heterocycles. The van der Waals surface area contributed by atoms with Crippen LogP contribution in [0.3, 0.4) is 0 Å². The number of ether oxygens (including phenoxy) is 2. The number of aryl methyl sites for hydroxylation is 1. The van der Waals surface area contributed by atoms with Gasteiger partial charge in [0.1, 0.15) is 17.1 Å². The van der Waals surface area contributed by atoms with E-state index in [1.54, 1.807) is 13.1 Å². The van der Waals surface area contributed by atoms with Gasteiger partial charge in [-0.05, 0) is 28.6 Å². The number of carbonyl (C=O) groups is 1. The van der Waals surface area contributed by atoms with Gasteiger partial charge in [-0.15, -0.1) is 0 Å². The summed E-state index contributed by atoms with van der Waals surface area (Å²) in [4.78, 5) is 11.1. The van der Waals surface area contributed by atoms with Gasteiger partial charge in [-0.2, -0.15) is 4.68 Å². The van der Waals surface area contributed by atoms with Crippen molar-refractivity contribution in [1.82, 2.24) is 20.2 Å². The maximum absolute atomic E-state index is 11.1. The standard InChI is InChI=1S/C10H10N4O4/c1-14-10(11-12-13-14)18-8-4-3-6(17-2)5-7(8)9(15)16/h3-5H,1-2H3,(H,15,16). The Morgan fingerprint density at radius 2 is 2.22 bits per heavy atom. The first kappa shape index (κ1) is 11.8. The van der Waals surface area contributed by atoms with Crippen molar-refractivity contribution in [1.29, 1.82) is 0 Å². The van der Waals surface area contributed by atoms with E-state index >= 15 is 0 Å². The van der Waals surface area contributed by atoms with Crippen LogP contribution in [0.4, 0.5) is 0 Å². The number of methoxy groups -OCH3 is 1. The quantitative estimate of drug-likeness (QED) is 0.852. The van der Waals surface area contributed by atoms with E-state index in [0.717, 1.165) is 0 Å². The van der Waals surface area contributed by atoms with E-state index in [2.05, 4.69) is 15.5 Å². The molecule has 0 spiro atoms. The third-order valence-corrected chi connectivity index (χ3v) is 2.20. The molecule has 18 heavy (non-hydrogen) atoms. The highest BCUT2D eigenvalue weighted by atomic mass is 16.5. The predicted octanol–water partition coefficient (Wildman–Crippen LogP) is 0.709. The molecule has 1 heterocycles. The number of hydrogen-bond donors (Lipinski definition) is 1. The Hall–Kier alpha value is -2.64. The molecular weight excluding hydrogens is 240 g/mol. The molecule has 0 saturated carbocycles. The number of rotatable bonds is 4. The number of carboxylic acid groups (broad SMARTS) is 1. The zero-order valence-corrected chi connectivity index (χ0v) is 9.69. The predicted molar refractivity (Wildman–Crippen MR) is 58.8 cm³/mol. The maximum Gasteiger partial charge on any atom is 0.340 e. The molecule has 0 unspecified atom stereocenters. The molecule has 0 atom stereocenters. The van der Waals surface area contributed by atoms with Crippen LogP contribution in [0.5, 0.6) is 17.5 Å². The molecule has 0 amide bonds. The highest BCUT2D eigenvalue weighted by molar-refractivity contribution is 5.91. The van der Waals surface area contributed by atoms with Crippen molar-refractivity contribution >= 4 is 5.97 Å². The van der Waals surface area contributed by atoms with Crippen molar-refractivity contribution in [3.05, 3.63) is 23.8 Å². The van der Waals surface area contributed by atoms with E-state index in [1.165, 1.54) is 23.9 Å². The van der Waals surface area contributed by atoms with Gasteiger partial charge >= 0.3 is 12.0 Å². The molecule has 0 aliphatic rings. The monoisotopic (exact) mass is 250 g/mol. The lowest BCUT2D eigenvalue weighted by molar-refractivity contribution is 0.0693. The van der Waals surface area contributed by atoms with E-state index in [1.807, 2.05) is 0 Å². The molecule has 0 fully saturated rings. The van der Waals surface area contributed by atoms with Gasteiger partial charge in [0.25, 0.3) is 0 Å². The summed E-state index contributed by atoms with van der Waals surface area (Å²) in [6, 6.07) is 4.53. The third-order valence-electron chi connectivity index (χ3n) is 2.20. The molecule has 94 valence electrons. The summed E-state index contributed by atoms with van der Waals surface area (Å²) in [6.07, 6.45) is 0. The Kier molecular flexibility index (Phi) is 3.09. The van der Waals surface area contributed by atoms with Gasteiger partial charge in [0.05, 0.1) is 7.11 Å². The van der Waals surface area contributed by atoms with Gasteiger partial charge in [-0.25, -0.2) is 4.79 Å². The molecule has 8 nitrogen and oxygen atoms in total. The van der Waals surface area contributed by atoms with Crippen LogP contribution in [0.1, 0.15) is 10.4 Å². The lowest BCUT2D eigenvalue weighted by Crippen LogP contribution is -2.03. The fourth-order valence-electron chi connectivity index (χ4n) is 1.30. The summed E-state index contributed by atoms with van der Waals surface area (Å²) in [5, 5.41) is 19.7. The Morgan fingerprint density at radius 1 is 1.44 bits per heavy atom. The molecule has 0 radical (unpaired) electrons. The first-order chi connectivity index (χ1) is 8.61. The molecule has 0 saturated heterocycles. The molecule has 2 rings (SSSR count). The molecule has 8 heteroatoms. The minimum absolute atomic E-state index is 0.0302. The molecule has 1 aromatic heterocycles. The smallest absolute Gasteiger partial charge is 0.340 e. The highest BCUT2D eigenvalue weighted by Gasteiger charge is 2.15. The molecule has 2 aromatic rings. The van der Waals surface area contributed by atoms with Gasteiger partial charge < -0.3 is 14.6 Å². The highest BCUT2D eigenvalue weighted by Crippen LogP contribution is 2.27. The van der Waals surface area contributed by atoms with Crippen molar-refractivity contribution < 1.29 is 19.4 Å². The van der Waals surface area contributed by atoms with Crippen LogP contribution in [0.15, 0.2) is 18.2 Å². The largest absolute Gasteiger partial charge is 0.497 e. The SMILES string of the molecule is COc1ccc(Oc2nnnn2C)c(C(=O)O)c1. The van der Waals surface area contributed by atoms with Crippen LogP contribution < -0.4 is 9.47 Å². The van der Waals surface area contributed by atoms with E-state index in [4.69, 9.17) is 14.6 Å². The third kappa shape index (κ3) is 2.21. The fourth-order valence-corrected chi connectivity index (χ4v) is 1.30. The maximum atomic E-state index is 11.1. The second-order valence-electron chi connectivity index (χ2n) is 3.35. The van der Waals surface area contributed by atoms with Gasteiger partial charge in [-0.3, -0.25) is 0 Å². The van der Waals surface area contributed by atoms with E-state index < -0.39 is 5.97 Å². The zero-order chi connectivity index (χ0) is 13.1. The minimum atomic E-state index is -1.13. The molecule has 0 bridgehead atoms. The number of carboxylic acids is 1. The average Bonchev–Trinajstić information content (AvgIpc) is 2.75. The normalized spacial score (nSPS) is 10.1. The lowest BCUT2D eigenvalue weighted by atomic mass is 10.2. The van der Waals surface area contributed by atoms with Crippen LogP contribution in [0.25, 0.3) is 0 Å². The van der Waals surface area contributed by atoms with Crippen LogP contribution in [0, 0.1) is 0 Å². The van der Waals surface area contributed by atoms with Gasteiger partial charge in [0.15, 0.2) is 0 Å². The van der Waals surface area contributed by atoms with E-state index in [0.29, 0.717) is 5.75 Å². The van der Waals surface area contributed by atoms with Crippen LogP contribution in [-0.2, 0) is 7.05 Å². The molecule has 0 aliphatic carbocycles. The Bertz CT molecular complexity index is 581. The minimum Gasteiger partial charge on any atom is -0.497 e. The van der Waals surface area contributed by atoms with Crippen LogP contribution in [0.2, 0.25) is 0 Å². The Morgan fingerprint density at radius 3 is 2.78 bits per heavy atom. The Labute approximate surface area is 102 Å². The topological polar surface area (TPSA) is 99.4 Å². The van der Waals surface area contributed by atoms with Crippen molar-refractivity contribution in [3.63, 3.8) is 0 Å². The van der Waals surface area contributed by atoms with Crippen LogP contribution in [-0.4, -0.2) is 38.4 Å². The van der Waals surface area contributed by atoms with Gasteiger partial charge in [0.2, 0.25) is 0 Å². The lowest BCUT2D eigenvalue weighted by Gasteiger charge is -2.08. The number of tetrazole rings is 1. The second kappa shape index (κ2) is 4.70. The first-order valence-corrected chi connectivity index (χ1v) is 4.93. The van der Waals surface area contributed by atoms with Crippen molar-refractivity contribution in [3.8, 4) is 17.5 Å². The van der Waals surface area contributed by atoms with E-state index in [9.17, 15) is 4.79 Å². The van der Waals surface area contributed by atoms with Crippen molar-refractivity contribution in [2.24, 2.45) is 7.05 Å². The fraction of sp³-hybridized carbons (Fsp3) is 0.200. The average molecular weight is 250 g/mol. The summed E-state index contributed by atoms with van der Waals surface area (Å²) in [7, 11) is 3.04. The zero-order valence-electron chi connectivity index (χ0n) is 9.69. The van der Waals surface area contributed by atoms with Gasteiger partial charge in [0, 0.05) is 7.05 Å². The number of hydrogen-bond acceptors (Lipinski definition) is 6. The number of benzene rings is 1. The Balaban J connectivity index is 2.38. The van der Waals surface area contributed by atoms with Crippen molar-refractivity contribution in [2.45, 2.75) is 0 Å². The van der Waals surface area contributed by atoms with E-state index in [-0.39, 0.29) is 17.3 Å². The second-order valence-corrected chi connectivity index (χ2v) is 3.35. The summed E-state index contributed by atoms with van der Waals surface area (Å²) in [6.45, 7) is 0. The summed E-state index contributed by atoms with van der Waals surface area (Å²) < 4.78 is 11.6. The first-order valence-electron chi connectivity index (χ1n) is 4.93. The number of nitrogens with zero attached hydrogens (tertiary/aromatic N) is 4. The van der Waals surface area contributed by atoms with Crippen LogP contribution >= 0.6 is 0 Å². The summed E-state index contributed by atoms with van der Waals surface area (Å²) in [5.74, 6) is -0.559. The summed E-state index contributed by atoms with van der Waals surface area (Å²) >= 11 is 0. The number of aromatic nitrogens is 4. The van der Waals surface area contributed by atoms with Crippen molar-refractivity contribution in [2.75, 3.05) is 7.11 Å². The summed E-state index contributed by atoms with van der Waals surface area (Å²) in [5.41, 5.74) is -0.0302. The molecule has 1 aromatic carbocycles. The molecular formula is C10H10N4O4. The number of aromatic carboxylic acids is 1. The molecule has 1 N–H and O–H groups in total. The van der Waals surface area contributed by atoms with Gasteiger partial charge in [-0.1, -0.05) is 5.10 Å².